The number of halogens is 3. The summed E-state index contributed by atoms with van der Waals surface area (Å²) in [6.07, 6.45) is 8.03. The van der Waals surface area contributed by atoms with Crippen molar-refractivity contribution in [2.45, 2.75) is 38.7 Å². The van der Waals surface area contributed by atoms with Crippen molar-refractivity contribution >= 4 is 23.3 Å². The van der Waals surface area contributed by atoms with E-state index in [0.29, 0.717) is 34.9 Å². The second-order valence-corrected chi connectivity index (χ2v) is 9.71. The van der Waals surface area contributed by atoms with E-state index in [2.05, 4.69) is 14.9 Å². The first kappa shape index (κ1) is 21.7. The minimum absolute atomic E-state index is 0.154. The number of carbonyl (C=O) groups is 1. The summed E-state index contributed by atoms with van der Waals surface area (Å²) in [5.74, 6) is 0.365. The first-order valence-corrected chi connectivity index (χ1v) is 11.7. The van der Waals surface area contributed by atoms with Gasteiger partial charge >= 0.3 is 0 Å². The number of anilines is 1. The van der Waals surface area contributed by atoms with Gasteiger partial charge in [-0.25, -0.2) is 18.7 Å². The average molecular weight is 462 g/mol. The number of benzene rings is 1. The van der Waals surface area contributed by atoms with Crippen LogP contribution in [0.4, 0.5) is 14.7 Å². The number of Topliss-reactive ketones (excluding diaryl/α,β-unsaturated/α-hetero) is 1. The fourth-order valence-corrected chi connectivity index (χ4v) is 4.96. The molecular weight excluding hydrogens is 436 g/mol. The molecule has 0 amide bonds. The third-order valence-corrected chi connectivity index (χ3v) is 7.10. The van der Waals surface area contributed by atoms with Crippen LogP contribution in [0.25, 0.3) is 0 Å². The molecule has 1 aromatic carbocycles. The van der Waals surface area contributed by atoms with E-state index in [4.69, 9.17) is 16.3 Å². The van der Waals surface area contributed by atoms with Gasteiger partial charge in [0.2, 0.25) is 5.95 Å². The number of ether oxygens (including phenoxy) is 1. The Balaban J connectivity index is 1.06. The van der Waals surface area contributed by atoms with Crippen LogP contribution < -0.4 is 4.90 Å². The van der Waals surface area contributed by atoms with Crippen molar-refractivity contribution in [3.63, 3.8) is 0 Å². The van der Waals surface area contributed by atoms with Gasteiger partial charge in [0.1, 0.15) is 11.6 Å². The van der Waals surface area contributed by atoms with Crippen LogP contribution in [0.1, 0.15) is 48.0 Å². The summed E-state index contributed by atoms with van der Waals surface area (Å²) in [5, 5.41) is 0.539. The van der Waals surface area contributed by atoms with Crippen LogP contribution in [0, 0.1) is 35.3 Å². The van der Waals surface area contributed by atoms with Gasteiger partial charge in [-0.15, -0.1) is 0 Å². The van der Waals surface area contributed by atoms with Crippen LogP contribution in [0.3, 0.4) is 0 Å². The number of ketones is 1. The molecule has 5 rings (SSSR count). The number of piperidine rings is 1. The number of nitrogens with zero attached hydrogens (tertiary/aromatic N) is 3. The third-order valence-electron chi connectivity index (χ3n) is 6.91. The molecule has 0 radical (unpaired) electrons. The lowest BCUT2D eigenvalue weighted by atomic mass is 9.91. The molecule has 0 bridgehead atoms. The molecule has 2 saturated carbocycles. The monoisotopic (exact) mass is 461 g/mol. The lowest BCUT2D eigenvalue weighted by Gasteiger charge is -2.32. The zero-order valence-electron chi connectivity index (χ0n) is 17.8. The molecule has 1 aromatic heterocycles. The van der Waals surface area contributed by atoms with E-state index >= 15 is 0 Å². The lowest BCUT2D eigenvalue weighted by molar-refractivity contribution is 0.0956. The van der Waals surface area contributed by atoms with Gasteiger partial charge in [0, 0.05) is 19.0 Å². The quantitative estimate of drug-likeness (QED) is 0.514. The first-order valence-electron chi connectivity index (χ1n) is 11.3. The largest absolute Gasteiger partial charge is 0.376 e. The highest BCUT2D eigenvalue weighted by atomic mass is 35.5. The maximum atomic E-state index is 14.3. The van der Waals surface area contributed by atoms with Crippen molar-refractivity contribution in [3.8, 4) is 0 Å². The normalized spacial score (nSPS) is 23.4. The van der Waals surface area contributed by atoms with Gasteiger partial charge in [-0.3, -0.25) is 4.79 Å². The van der Waals surface area contributed by atoms with Crippen molar-refractivity contribution in [1.82, 2.24) is 9.97 Å². The molecule has 3 aliphatic rings. The zero-order chi connectivity index (χ0) is 22.2. The molecule has 170 valence electrons. The highest BCUT2D eigenvalue weighted by Crippen LogP contribution is 2.48. The van der Waals surface area contributed by atoms with Gasteiger partial charge in [-0.2, -0.15) is 0 Å². The Bertz CT molecular complexity index is 968. The predicted octanol–water partition coefficient (Wildman–Crippen LogP) is 5.07. The van der Waals surface area contributed by atoms with Gasteiger partial charge < -0.3 is 9.64 Å². The van der Waals surface area contributed by atoms with E-state index in [1.807, 2.05) is 0 Å². The molecule has 2 heterocycles. The van der Waals surface area contributed by atoms with Crippen LogP contribution in [-0.4, -0.2) is 35.4 Å². The molecule has 0 unspecified atom stereocenters. The average Bonchev–Trinajstić information content (AvgIpc) is 3.68. The number of hydrogen-bond acceptors (Lipinski definition) is 5. The fraction of sp³-hybridized carbons (Fsp3) is 0.542. The smallest absolute Gasteiger partial charge is 0.225 e. The van der Waals surface area contributed by atoms with E-state index in [9.17, 15) is 13.6 Å². The second kappa shape index (κ2) is 9.02. The molecule has 32 heavy (non-hydrogen) atoms. The minimum Gasteiger partial charge on any atom is -0.376 e. The molecule has 8 heteroatoms. The number of rotatable bonds is 8. The van der Waals surface area contributed by atoms with E-state index in [1.54, 1.807) is 12.4 Å². The Morgan fingerprint density at radius 1 is 1.09 bits per heavy atom. The molecule has 3 fully saturated rings. The van der Waals surface area contributed by atoms with Crippen molar-refractivity contribution in [1.29, 1.82) is 0 Å². The summed E-state index contributed by atoms with van der Waals surface area (Å²) in [6, 6.07) is 2.47. The summed E-state index contributed by atoms with van der Waals surface area (Å²) >= 11 is 5.86. The lowest BCUT2D eigenvalue weighted by Crippen LogP contribution is -2.35. The van der Waals surface area contributed by atoms with Crippen molar-refractivity contribution in [2.24, 2.45) is 23.7 Å². The summed E-state index contributed by atoms with van der Waals surface area (Å²) in [5.41, 5.74) is 0.0367. The van der Waals surface area contributed by atoms with E-state index in [1.165, 1.54) is 12.1 Å². The maximum Gasteiger partial charge on any atom is 0.225 e. The van der Waals surface area contributed by atoms with Crippen molar-refractivity contribution in [3.05, 3.63) is 52.3 Å². The number of hydrogen-bond donors (Lipinski definition) is 0. The van der Waals surface area contributed by atoms with Crippen molar-refractivity contribution < 1.29 is 18.3 Å². The van der Waals surface area contributed by atoms with Gasteiger partial charge in [-0.1, -0.05) is 11.6 Å². The molecule has 2 aromatic rings. The SMILES string of the molecule is O=C(c1c(F)cc(COC[C@@H]2C[C@@H]2C2CCN(c3ncc(Cl)cn3)CC2)cc1F)C1CC1. The summed E-state index contributed by atoms with van der Waals surface area (Å²) in [6.45, 7) is 2.61. The zero-order valence-corrected chi connectivity index (χ0v) is 18.5. The first-order chi connectivity index (χ1) is 15.5. The Kier molecular flexibility index (Phi) is 6.12. The van der Waals surface area contributed by atoms with Crippen LogP contribution in [-0.2, 0) is 11.3 Å². The summed E-state index contributed by atoms with van der Waals surface area (Å²) in [7, 11) is 0. The number of carbonyl (C=O) groups excluding carboxylic acids is 1. The van der Waals surface area contributed by atoms with E-state index in [-0.39, 0.29) is 12.5 Å². The van der Waals surface area contributed by atoms with Crippen LogP contribution in [0.2, 0.25) is 5.02 Å². The topological polar surface area (TPSA) is 55.3 Å². The Hall–Kier alpha value is -2.12. The van der Waals surface area contributed by atoms with Gasteiger partial charge in [0.25, 0.3) is 0 Å². The highest BCUT2D eigenvalue weighted by Gasteiger charge is 2.43. The van der Waals surface area contributed by atoms with E-state index in [0.717, 1.165) is 51.1 Å². The standard InChI is InChI=1S/C24H26ClF2N3O2/c25-18-10-28-24(29-11-18)30-5-3-15(4-6-30)19-9-17(19)13-32-12-14-7-20(26)22(21(27)8-14)23(31)16-1-2-16/h7-8,10-11,15-17,19H,1-6,9,12-13H2/t17-,19+/m0/s1. The third kappa shape index (κ3) is 4.79. The molecule has 1 aliphatic heterocycles. The Morgan fingerprint density at radius 3 is 2.38 bits per heavy atom. The summed E-state index contributed by atoms with van der Waals surface area (Å²) in [4.78, 5) is 22.8. The Labute approximate surface area is 191 Å². The summed E-state index contributed by atoms with van der Waals surface area (Å²) < 4.78 is 34.4. The maximum absolute atomic E-state index is 14.3. The molecule has 5 nitrogen and oxygen atoms in total. The van der Waals surface area contributed by atoms with Crippen molar-refractivity contribution in [2.75, 3.05) is 24.6 Å². The molecule has 0 spiro atoms. The van der Waals surface area contributed by atoms with Crippen LogP contribution in [0.15, 0.2) is 24.5 Å². The molecule has 0 N–H and O–H groups in total. The predicted molar refractivity (Wildman–Crippen MR) is 117 cm³/mol. The minimum atomic E-state index is -0.777. The van der Waals surface area contributed by atoms with Crippen LogP contribution in [0.5, 0.6) is 0 Å². The van der Waals surface area contributed by atoms with Crippen LogP contribution >= 0.6 is 11.6 Å². The molecule has 2 atom stereocenters. The van der Waals surface area contributed by atoms with E-state index < -0.39 is 23.0 Å². The molecule has 2 aliphatic carbocycles. The highest BCUT2D eigenvalue weighted by molar-refractivity contribution is 6.30. The van der Waals surface area contributed by atoms with Gasteiger partial charge in [0.05, 0.1) is 36.2 Å². The second-order valence-electron chi connectivity index (χ2n) is 9.27. The molecule has 1 saturated heterocycles. The van der Waals surface area contributed by atoms with Gasteiger partial charge in [-0.05, 0) is 67.6 Å². The Morgan fingerprint density at radius 2 is 1.75 bits per heavy atom. The van der Waals surface area contributed by atoms with Gasteiger partial charge in [0.15, 0.2) is 5.78 Å². The fourth-order valence-electron chi connectivity index (χ4n) is 4.86. The number of aromatic nitrogens is 2. The molecular formula is C24H26ClF2N3O2.